The van der Waals surface area contributed by atoms with Gasteiger partial charge in [-0.05, 0) is 67.1 Å². The zero-order chi connectivity index (χ0) is 14.4. The van der Waals surface area contributed by atoms with Crippen LogP contribution in [0.15, 0.2) is 17.1 Å². The summed E-state index contributed by atoms with van der Waals surface area (Å²) in [5, 5.41) is 3.21. The van der Waals surface area contributed by atoms with Crippen molar-refractivity contribution in [3.8, 4) is 0 Å². The van der Waals surface area contributed by atoms with Gasteiger partial charge >= 0.3 is 0 Å². The van der Waals surface area contributed by atoms with Gasteiger partial charge in [-0.25, -0.2) is 0 Å². The summed E-state index contributed by atoms with van der Waals surface area (Å²) in [6.07, 6.45) is 3.55. The average molecular weight is 406 g/mol. The SMILES string of the molecule is CCN1CCCC1CN=C(N)NCCc1ccc(I)s1. The van der Waals surface area contributed by atoms with Crippen LogP contribution in [0.25, 0.3) is 0 Å². The van der Waals surface area contributed by atoms with E-state index in [-0.39, 0.29) is 0 Å². The molecule has 1 unspecified atom stereocenters. The van der Waals surface area contributed by atoms with Crippen molar-refractivity contribution in [2.45, 2.75) is 32.2 Å². The van der Waals surface area contributed by atoms with Crippen molar-refractivity contribution in [2.75, 3.05) is 26.2 Å². The van der Waals surface area contributed by atoms with Crippen molar-refractivity contribution in [3.05, 3.63) is 19.9 Å². The number of hydrogen-bond donors (Lipinski definition) is 2. The molecule has 20 heavy (non-hydrogen) atoms. The predicted octanol–water partition coefficient (Wildman–Crippen LogP) is 2.28. The first-order valence-corrected chi connectivity index (χ1v) is 9.10. The summed E-state index contributed by atoms with van der Waals surface area (Å²) in [6, 6.07) is 4.91. The molecule has 4 nitrogen and oxygen atoms in total. The molecule has 1 fully saturated rings. The van der Waals surface area contributed by atoms with E-state index >= 15 is 0 Å². The molecule has 1 aromatic rings. The summed E-state index contributed by atoms with van der Waals surface area (Å²) < 4.78 is 1.33. The fraction of sp³-hybridized carbons (Fsp3) is 0.643. The second-order valence-corrected chi connectivity index (χ2v) is 8.10. The topological polar surface area (TPSA) is 53.6 Å². The lowest BCUT2D eigenvalue weighted by molar-refractivity contribution is 0.273. The Morgan fingerprint density at radius 3 is 3.15 bits per heavy atom. The summed E-state index contributed by atoms with van der Waals surface area (Å²) in [7, 11) is 0. The summed E-state index contributed by atoms with van der Waals surface area (Å²) in [6.45, 7) is 6.22. The highest BCUT2D eigenvalue weighted by Gasteiger charge is 2.22. The minimum Gasteiger partial charge on any atom is -0.370 e. The van der Waals surface area contributed by atoms with Crippen LogP contribution in [0.3, 0.4) is 0 Å². The number of likely N-dealkylation sites (N-methyl/N-ethyl adjacent to an activating group) is 1. The third-order valence-corrected chi connectivity index (χ3v) is 5.64. The molecule has 0 saturated carbocycles. The van der Waals surface area contributed by atoms with Crippen LogP contribution in [-0.2, 0) is 6.42 Å². The minimum atomic E-state index is 0.583. The second kappa shape index (κ2) is 8.19. The van der Waals surface area contributed by atoms with Gasteiger partial charge in [0.1, 0.15) is 0 Å². The maximum Gasteiger partial charge on any atom is 0.188 e. The number of guanidine groups is 1. The maximum atomic E-state index is 5.93. The third kappa shape index (κ3) is 4.89. The molecule has 2 heterocycles. The molecule has 1 aliphatic heterocycles. The fourth-order valence-corrected chi connectivity index (χ4v) is 4.33. The van der Waals surface area contributed by atoms with Gasteiger partial charge in [-0.1, -0.05) is 6.92 Å². The van der Waals surface area contributed by atoms with Gasteiger partial charge < -0.3 is 11.1 Å². The molecule has 3 N–H and O–H groups in total. The first-order valence-electron chi connectivity index (χ1n) is 7.21. The lowest BCUT2D eigenvalue weighted by Crippen LogP contribution is -2.36. The van der Waals surface area contributed by atoms with Crippen LogP contribution in [0.1, 0.15) is 24.6 Å². The van der Waals surface area contributed by atoms with Gasteiger partial charge in [0, 0.05) is 17.5 Å². The number of rotatable bonds is 6. The van der Waals surface area contributed by atoms with E-state index in [1.54, 1.807) is 0 Å². The average Bonchev–Trinajstić information content (AvgIpc) is 3.05. The highest BCUT2D eigenvalue weighted by atomic mass is 127. The quantitative estimate of drug-likeness (QED) is 0.433. The summed E-state index contributed by atoms with van der Waals surface area (Å²) >= 11 is 4.19. The number of nitrogens with zero attached hydrogens (tertiary/aromatic N) is 2. The van der Waals surface area contributed by atoms with E-state index in [1.807, 2.05) is 11.3 Å². The standard InChI is InChI=1S/C14H23IN4S/c1-2-19-9-3-4-11(19)10-18-14(16)17-8-7-12-5-6-13(15)20-12/h5-6,11H,2-4,7-10H2,1H3,(H3,16,17,18). The molecule has 0 radical (unpaired) electrons. The molecule has 0 aromatic carbocycles. The summed E-state index contributed by atoms with van der Waals surface area (Å²) in [4.78, 5) is 8.37. The normalized spacial score (nSPS) is 20.5. The van der Waals surface area contributed by atoms with Crippen molar-refractivity contribution < 1.29 is 0 Å². The Morgan fingerprint density at radius 1 is 1.60 bits per heavy atom. The molecule has 1 atom stereocenters. The zero-order valence-electron chi connectivity index (χ0n) is 11.9. The van der Waals surface area contributed by atoms with E-state index in [1.165, 1.54) is 27.1 Å². The van der Waals surface area contributed by atoms with Crippen LogP contribution < -0.4 is 11.1 Å². The van der Waals surface area contributed by atoms with Crippen molar-refractivity contribution >= 4 is 39.9 Å². The molecule has 1 aromatic heterocycles. The number of likely N-dealkylation sites (tertiary alicyclic amines) is 1. The highest BCUT2D eigenvalue weighted by Crippen LogP contribution is 2.18. The number of nitrogens with one attached hydrogen (secondary N) is 1. The summed E-state index contributed by atoms with van der Waals surface area (Å²) in [5.74, 6) is 0.583. The van der Waals surface area contributed by atoms with Gasteiger partial charge in [0.25, 0.3) is 0 Å². The Morgan fingerprint density at radius 2 is 2.45 bits per heavy atom. The van der Waals surface area contributed by atoms with Gasteiger partial charge in [0.05, 0.1) is 9.43 Å². The maximum absolute atomic E-state index is 5.93. The van der Waals surface area contributed by atoms with E-state index in [4.69, 9.17) is 5.73 Å². The molecule has 0 aliphatic carbocycles. The Bertz CT molecular complexity index is 446. The molecule has 1 saturated heterocycles. The third-order valence-electron chi connectivity index (χ3n) is 3.68. The smallest absolute Gasteiger partial charge is 0.188 e. The first-order chi connectivity index (χ1) is 9.69. The minimum absolute atomic E-state index is 0.583. The number of aliphatic imine (C=N–C) groups is 1. The summed E-state index contributed by atoms with van der Waals surface area (Å²) in [5.41, 5.74) is 5.93. The Balaban J connectivity index is 1.68. The Labute approximate surface area is 139 Å². The van der Waals surface area contributed by atoms with Crippen LogP contribution in [-0.4, -0.2) is 43.1 Å². The highest BCUT2D eigenvalue weighted by molar-refractivity contribution is 14.1. The second-order valence-electron chi connectivity index (χ2n) is 5.03. The van der Waals surface area contributed by atoms with Gasteiger partial charge in [-0.15, -0.1) is 11.3 Å². The molecule has 0 bridgehead atoms. The van der Waals surface area contributed by atoms with Crippen molar-refractivity contribution in [1.29, 1.82) is 0 Å². The first kappa shape index (κ1) is 16.0. The van der Waals surface area contributed by atoms with Gasteiger partial charge in [-0.2, -0.15) is 0 Å². The van der Waals surface area contributed by atoms with Gasteiger partial charge in [0.2, 0.25) is 0 Å². The lowest BCUT2D eigenvalue weighted by atomic mass is 10.2. The van der Waals surface area contributed by atoms with Crippen LogP contribution in [0.4, 0.5) is 0 Å². The van der Waals surface area contributed by atoms with E-state index in [0.29, 0.717) is 12.0 Å². The number of hydrogen-bond acceptors (Lipinski definition) is 3. The van der Waals surface area contributed by atoms with Crippen molar-refractivity contribution in [1.82, 2.24) is 10.2 Å². The zero-order valence-corrected chi connectivity index (χ0v) is 14.9. The van der Waals surface area contributed by atoms with Crippen LogP contribution in [0.5, 0.6) is 0 Å². The lowest BCUT2D eigenvalue weighted by Gasteiger charge is -2.20. The molecule has 2 rings (SSSR count). The van der Waals surface area contributed by atoms with Crippen molar-refractivity contribution in [2.24, 2.45) is 10.7 Å². The number of nitrogens with two attached hydrogens (primary N) is 1. The molecular weight excluding hydrogens is 383 g/mol. The number of halogens is 1. The molecule has 6 heteroatoms. The largest absolute Gasteiger partial charge is 0.370 e. The molecule has 0 amide bonds. The molecule has 112 valence electrons. The van der Waals surface area contributed by atoms with Crippen LogP contribution >= 0.6 is 33.9 Å². The Hall–Kier alpha value is -0.340. The van der Waals surface area contributed by atoms with E-state index in [0.717, 1.165) is 26.1 Å². The fourth-order valence-electron chi connectivity index (χ4n) is 2.58. The number of thiophene rings is 1. The van der Waals surface area contributed by atoms with Crippen LogP contribution in [0, 0.1) is 2.88 Å². The van der Waals surface area contributed by atoms with Gasteiger partial charge in [-0.3, -0.25) is 9.89 Å². The van der Waals surface area contributed by atoms with E-state index in [9.17, 15) is 0 Å². The van der Waals surface area contributed by atoms with E-state index in [2.05, 4.69) is 56.9 Å². The Kier molecular flexibility index (Phi) is 6.57. The molecular formula is C14H23IN4S. The van der Waals surface area contributed by atoms with Gasteiger partial charge in [0.15, 0.2) is 5.96 Å². The molecule has 1 aliphatic rings. The monoisotopic (exact) mass is 406 g/mol. The predicted molar refractivity (Wildman–Crippen MR) is 95.5 cm³/mol. The molecule has 0 spiro atoms. The van der Waals surface area contributed by atoms with Crippen molar-refractivity contribution in [3.63, 3.8) is 0 Å². The van der Waals surface area contributed by atoms with E-state index < -0.39 is 0 Å². The van der Waals surface area contributed by atoms with Crippen LogP contribution in [0.2, 0.25) is 0 Å².